The molecular formula is C17H12NNaO4S. The molecule has 3 aromatic rings. The molecule has 0 aliphatic rings. The Labute approximate surface area is 164 Å². The van der Waals surface area contributed by atoms with Crippen LogP contribution in [0.1, 0.15) is 5.56 Å². The van der Waals surface area contributed by atoms with Gasteiger partial charge in [-0.1, -0.05) is 12.1 Å². The van der Waals surface area contributed by atoms with Crippen LogP contribution in [-0.4, -0.2) is 17.2 Å². The maximum absolute atomic E-state index is 12.4. The van der Waals surface area contributed by atoms with Gasteiger partial charge in [0.2, 0.25) is 0 Å². The standard InChI is InChI=1S/C17H13NO4S.Na/c1-23-17-12(6-3-7-18-17)14-9-13(19)11-5-2-4-10(8-15(20)21)16(11)22-14;/h2-7,9H,8H2,1H3,(H,20,21);/q;+1/p-1. The quantitative estimate of drug-likeness (QED) is 0.438. The van der Waals surface area contributed by atoms with E-state index >= 15 is 0 Å². The third kappa shape index (κ3) is 3.72. The van der Waals surface area contributed by atoms with E-state index in [9.17, 15) is 14.7 Å². The van der Waals surface area contributed by atoms with Crippen LogP contribution < -0.4 is 40.1 Å². The number of para-hydroxylation sites is 1. The van der Waals surface area contributed by atoms with Crippen molar-refractivity contribution in [1.82, 2.24) is 4.98 Å². The predicted octanol–water partition coefficient (Wildman–Crippen LogP) is -1.13. The first-order valence-corrected chi connectivity index (χ1v) is 8.07. The van der Waals surface area contributed by atoms with Crippen LogP contribution in [0.15, 0.2) is 56.8 Å². The number of carbonyl (C=O) groups is 1. The number of aliphatic carboxylic acids is 1. The third-order valence-corrected chi connectivity index (χ3v) is 4.11. The monoisotopic (exact) mass is 349 g/mol. The van der Waals surface area contributed by atoms with Gasteiger partial charge in [-0.15, -0.1) is 11.8 Å². The van der Waals surface area contributed by atoms with Crippen LogP contribution in [0, 0.1) is 0 Å². The van der Waals surface area contributed by atoms with E-state index in [1.165, 1.54) is 17.8 Å². The fourth-order valence-electron chi connectivity index (χ4n) is 2.40. The van der Waals surface area contributed by atoms with Crippen LogP contribution in [-0.2, 0) is 11.2 Å². The van der Waals surface area contributed by atoms with Crippen LogP contribution in [0.2, 0.25) is 0 Å². The smallest absolute Gasteiger partial charge is 0.550 e. The van der Waals surface area contributed by atoms with E-state index in [0.29, 0.717) is 22.3 Å². The van der Waals surface area contributed by atoms with Crippen LogP contribution in [0.4, 0.5) is 0 Å². The van der Waals surface area contributed by atoms with Gasteiger partial charge in [-0.05, 0) is 24.5 Å². The molecule has 0 N–H and O–H groups in total. The number of rotatable bonds is 4. The van der Waals surface area contributed by atoms with Gasteiger partial charge in [0.1, 0.15) is 16.4 Å². The second-order valence-corrected chi connectivity index (χ2v) is 5.67. The van der Waals surface area contributed by atoms with Crippen molar-refractivity contribution in [2.75, 3.05) is 6.26 Å². The molecule has 7 heteroatoms. The van der Waals surface area contributed by atoms with Crippen molar-refractivity contribution in [1.29, 1.82) is 0 Å². The predicted molar refractivity (Wildman–Crippen MR) is 86.2 cm³/mol. The molecule has 0 atom stereocenters. The van der Waals surface area contributed by atoms with Gasteiger partial charge in [0.05, 0.1) is 5.39 Å². The van der Waals surface area contributed by atoms with Gasteiger partial charge in [-0.25, -0.2) is 4.98 Å². The van der Waals surface area contributed by atoms with Crippen LogP contribution >= 0.6 is 11.8 Å². The number of carboxylic acid groups (broad SMARTS) is 1. The number of fused-ring (bicyclic) bond motifs is 1. The molecule has 3 rings (SSSR count). The Morgan fingerprint density at radius 2 is 2.08 bits per heavy atom. The molecule has 0 amide bonds. The van der Waals surface area contributed by atoms with Crippen LogP contribution in [0.3, 0.4) is 0 Å². The zero-order valence-electron chi connectivity index (χ0n) is 13.2. The van der Waals surface area contributed by atoms with Gasteiger partial charge in [-0.3, -0.25) is 4.79 Å². The van der Waals surface area contributed by atoms with E-state index in [4.69, 9.17) is 4.42 Å². The topological polar surface area (TPSA) is 83.2 Å². The maximum Gasteiger partial charge on any atom is 1.00 e. The Morgan fingerprint density at radius 3 is 2.79 bits per heavy atom. The average molecular weight is 349 g/mol. The molecule has 0 saturated carbocycles. The molecule has 0 radical (unpaired) electrons. The number of thioether (sulfide) groups is 1. The van der Waals surface area contributed by atoms with E-state index in [1.54, 1.807) is 30.5 Å². The molecule has 0 bridgehead atoms. The summed E-state index contributed by atoms with van der Waals surface area (Å²) in [5.41, 5.74) is 1.16. The number of nitrogens with zero attached hydrogens (tertiary/aromatic N) is 1. The van der Waals surface area contributed by atoms with Crippen LogP contribution in [0.25, 0.3) is 22.3 Å². The molecule has 116 valence electrons. The number of carbonyl (C=O) groups excluding carboxylic acids is 1. The van der Waals surface area contributed by atoms with E-state index in [2.05, 4.69) is 4.98 Å². The van der Waals surface area contributed by atoms with Crippen molar-refractivity contribution < 1.29 is 43.9 Å². The number of carboxylic acids is 1. The molecule has 24 heavy (non-hydrogen) atoms. The second-order valence-electron chi connectivity index (χ2n) is 4.88. The molecule has 0 unspecified atom stereocenters. The van der Waals surface area contributed by atoms with Crippen molar-refractivity contribution in [3.05, 3.63) is 58.4 Å². The van der Waals surface area contributed by atoms with Gasteiger partial charge in [0.25, 0.3) is 0 Å². The van der Waals surface area contributed by atoms with E-state index in [-0.39, 0.29) is 47.0 Å². The molecule has 0 fully saturated rings. The molecule has 0 spiro atoms. The Balaban J connectivity index is 0.00000208. The summed E-state index contributed by atoms with van der Waals surface area (Å²) in [5, 5.41) is 12.0. The molecule has 0 aliphatic heterocycles. The van der Waals surface area contributed by atoms with Gasteiger partial charge in [0, 0.05) is 35.8 Å². The minimum atomic E-state index is -1.23. The van der Waals surface area contributed by atoms with Gasteiger partial charge in [0.15, 0.2) is 5.43 Å². The zero-order valence-corrected chi connectivity index (χ0v) is 16.1. The van der Waals surface area contributed by atoms with Gasteiger partial charge < -0.3 is 14.3 Å². The van der Waals surface area contributed by atoms with E-state index < -0.39 is 5.97 Å². The first kappa shape index (κ1) is 18.7. The summed E-state index contributed by atoms with van der Waals surface area (Å²) in [7, 11) is 0. The summed E-state index contributed by atoms with van der Waals surface area (Å²) >= 11 is 1.44. The second kappa shape index (κ2) is 7.98. The van der Waals surface area contributed by atoms with Crippen molar-refractivity contribution in [2.45, 2.75) is 11.4 Å². The molecular weight excluding hydrogens is 337 g/mol. The number of hydrogen-bond acceptors (Lipinski definition) is 6. The molecule has 5 nitrogen and oxygen atoms in total. The summed E-state index contributed by atoms with van der Waals surface area (Å²) < 4.78 is 5.86. The normalized spacial score (nSPS) is 10.4. The number of benzene rings is 1. The minimum absolute atomic E-state index is 0. The fourth-order valence-corrected chi connectivity index (χ4v) is 2.96. The number of hydrogen-bond donors (Lipinski definition) is 0. The molecule has 2 aromatic heterocycles. The average Bonchev–Trinajstić information content (AvgIpc) is 2.55. The largest absolute Gasteiger partial charge is 1.00 e. The summed E-state index contributed by atoms with van der Waals surface area (Å²) in [6, 6.07) is 9.83. The Hall–Kier alpha value is -1.60. The summed E-state index contributed by atoms with van der Waals surface area (Å²) in [6.45, 7) is 0. The number of aromatic nitrogens is 1. The van der Waals surface area contributed by atoms with Crippen molar-refractivity contribution in [3.63, 3.8) is 0 Å². The van der Waals surface area contributed by atoms with E-state index in [0.717, 1.165) is 5.03 Å². The minimum Gasteiger partial charge on any atom is -0.550 e. The number of pyridine rings is 1. The molecule has 2 heterocycles. The van der Waals surface area contributed by atoms with Gasteiger partial charge >= 0.3 is 29.6 Å². The Kier molecular flexibility index (Phi) is 6.23. The first-order chi connectivity index (χ1) is 11.1. The zero-order chi connectivity index (χ0) is 16.4. The van der Waals surface area contributed by atoms with Crippen molar-refractivity contribution in [3.8, 4) is 11.3 Å². The fraction of sp³-hybridized carbons (Fsp3) is 0.118. The SMILES string of the molecule is CSc1ncccc1-c1cc(=O)c2cccc(CC(=O)[O-])c2o1.[Na+]. The Bertz CT molecular complexity index is 955. The summed E-state index contributed by atoms with van der Waals surface area (Å²) in [6.07, 6.45) is 3.23. The maximum atomic E-state index is 12.4. The summed E-state index contributed by atoms with van der Waals surface area (Å²) in [5.74, 6) is -0.859. The Morgan fingerprint density at radius 1 is 1.29 bits per heavy atom. The van der Waals surface area contributed by atoms with Crippen molar-refractivity contribution in [2.24, 2.45) is 0 Å². The summed E-state index contributed by atoms with van der Waals surface area (Å²) in [4.78, 5) is 27.5. The third-order valence-electron chi connectivity index (χ3n) is 3.40. The van der Waals surface area contributed by atoms with Crippen LogP contribution in [0.5, 0.6) is 0 Å². The molecule has 0 saturated heterocycles. The first-order valence-electron chi connectivity index (χ1n) is 6.85. The molecule has 1 aromatic carbocycles. The van der Waals surface area contributed by atoms with Crippen molar-refractivity contribution >= 4 is 28.7 Å². The molecule has 0 aliphatic carbocycles. The van der Waals surface area contributed by atoms with Gasteiger partial charge in [-0.2, -0.15) is 0 Å². The van der Waals surface area contributed by atoms with E-state index in [1.807, 2.05) is 12.3 Å².